The molecule has 0 spiro atoms. The first-order chi connectivity index (χ1) is 9.81. The van der Waals surface area contributed by atoms with Crippen molar-refractivity contribution in [3.8, 4) is 11.5 Å². The van der Waals surface area contributed by atoms with E-state index in [1.165, 1.54) is 0 Å². The molecule has 1 amide bonds. The van der Waals surface area contributed by atoms with E-state index in [1.807, 2.05) is 55.5 Å². The van der Waals surface area contributed by atoms with Crippen molar-refractivity contribution in [2.24, 2.45) is 0 Å². The quantitative estimate of drug-likeness (QED) is 0.925. The van der Waals surface area contributed by atoms with Gasteiger partial charge in [-0.15, -0.1) is 0 Å². The standard InChI is InChI=1S/C17H17NO2/c1-2-11-18-17(19)16-12-7-3-5-9-14(12)20-15-10-6-4-8-13(15)16/h3-10,16H,2,11H2,1H3,(H,18,19). The predicted octanol–water partition coefficient (Wildman–Crippen LogP) is 3.45. The van der Waals surface area contributed by atoms with Gasteiger partial charge in [-0.2, -0.15) is 0 Å². The van der Waals surface area contributed by atoms with Gasteiger partial charge in [0.2, 0.25) is 5.91 Å². The van der Waals surface area contributed by atoms with E-state index in [2.05, 4.69) is 5.32 Å². The molecule has 3 heteroatoms. The molecule has 0 fully saturated rings. The zero-order valence-electron chi connectivity index (χ0n) is 11.4. The molecule has 2 aromatic rings. The van der Waals surface area contributed by atoms with Gasteiger partial charge in [0, 0.05) is 17.7 Å². The summed E-state index contributed by atoms with van der Waals surface area (Å²) in [5.74, 6) is 1.28. The minimum Gasteiger partial charge on any atom is -0.457 e. The Morgan fingerprint density at radius 3 is 2.15 bits per heavy atom. The Balaban J connectivity index is 2.05. The number of nitrogens with one attached hydrogen (secondary N) is 1. The van der Waals surface area contributed by atoms with Crippen LogP contribution in [-0.4, -0.2) is 12.5 Å². The Kier molecular flexibility index (Phi) is 3.42. The van der Waals surface area contributed by atoms with Gasteiger partial charge < -0.3 is 10.1 Å². The molecule has 3 nitrogen and oxygen atoms in total. The molecule has 0 saturated heterocycles. The molecule has 1 aliphatic rings. The number of hydrogen-bond acceptors (Lipinski definition) is 2. The van der Waals surface area contributed by atoms with E-state index in [4.69, 9.17) is 4.74 Å². The summed E-state index contributed by atoms with van der Waals surface area (Å²) >= 11 is 0. The van der Waals surface area contributed by atoms with E-state index < -0.39 is 0 Å². The first kappa shape index (κ1) is 12.7. The molecule has 3 rings (SSSR count). The topological polar surface area (TPSA) is 38.3 Å². The molecular formula is C17H17NO2. The Bertz CT molecular complexity index is 591. The second kappa shape index (κ2) is 5.37. The maximum atomic E-state index is 12.5. The van der Waals surface area contributed by atoms with Crippen LogP contribution in [-0.2, 0) is 4.79 Å². The maximum absolute atomic E-state index is 12.5. The largest absolute Gasteiger partial charge is 0.457 e. The molecule has 0 bridgehead atoms. The van der Waals surface area contributed by atoms with Crippen molar-refractivity contribution in [3.05, 3.63) is 59.7 Å². The van der Waals surface area contributed by atoms with Gasteiger partial charge in [0.05, 0.1) is 5.92 Å². The molecule has 0 aliphatic carbocycles. The molecule has 0 radical (unpaired) electrons. The van der Waals surface area contributed by atoms with Crippen LogP contribution in [0.15, 0.2) is 48.5 Å². The first-order valence-electron chi connectivity index (χ1n) is 6.94. The van der Waals surface area contributed by atoms with Crippen molar-refractivity contribution in [2.45, 2.75) is 19.3 Å². The predicted molar refractivity (Wildman–Crippen MR) is 78.1 cm³/mol. The molecule has 2 aromatic carbocycles. The fourth-order valence-corrected chi connectivity index (χ4v) is 2.54. The van der Waals surface area contributed by atoms with Gasteiger partial charge in [-0.05, 0) is 18.6 Å². The van der Waals surface area contributed by atoms with Crippen molar-refractivity contribution in [1.82, 2.24) is 5.32 Å². The first-order valence-corrected chi connectivity index (χ1v) is 6.94. The molecule has 102 valence electrons. The lowest BCUT2D eigenvalue weighted by atomic mass is 9.87. The Morgan fingerprint density at radius 1 is 1.05 bits per heavy atom. The lowest BCUT2D eigenvalue weighted by molar-refractivity contribution is -0.121. The summed E-state index contributed by atoms with van der Waals surface area (Å²) in [4.78, 5) is 12.5. The van der Waals surface area contributed by atoms with Gasteiger partial charge in [0.1, 0.15) is 11.5 Å². The molecule has 1 N–H and O–H groups in total. The zero-order chi connectivity index (χ0) is 13.9. The molecule has 1 heterocycles. The third kappa shape index (κ3) is 2.16. The summed E-state index contributed by atoms with van der Waals surface area (Å²) in [7, 11) is 0. The van der Waals surface area contributed by atoms with Crippen molar-refractivity contribution in [3.63, 3.8) is 0 Å². The second-order valence-corrected chi connectivity index (χ2v) is 4.90. The van der Waals surface area contributed by atoms with E-state index in [0.717, 1.165) is 29.0 Å². The Hall–Kier alpha value is -2.29. The van der Waals surface area contributed by atoms with Gasteiger partial charge in [-0.25, -0.2) is 0 Å². The van der Waals surface area contributed by atoms with Gasteiger partial charge in [0.25, 0.3) is 0 Å². The Morgan fingerprint density at radius 2 is 1.60 bits per heavy atom. The number of amides is 1. The maximum Gasteiger partial charge on any atom is 0.232 e. The number of carbonyl (C=O) groups excluding carboxylic acids is 1. The lowest BCUT2D eigenvalue weighted by Crippen LogP contribution is -2.32. The smallest absolute Gasteiger partial charge is 0.232 e. The van der Waals surface area contributed by atoms with Crippen LogP contribution in [0.1, 0.15) is 30.4 Å². The van der Waals surface area contributed by atoms with Crippen LogP contribution >= 0.6 is 0 Å². The molecule has 0 unspecified atom stereocenters. The number of rotatable bonds is 3. The van der Waals surface area contributed by atoms with Crippen LogP contribution in [0.3, 0.4) is 0 Å². The van der Waals surface area contributed by atoms with Crippen LogP contribution in [0.4, 0.5) is 0 Å². The summed E-state index contributed by atoms with van der Waals surface area (Å²) < 4.78 is 5.88. The van der Waals surface area contributed by atoms with E-state index in [1.54, 1.807) is 0 Å². The minimum absolute atomic E-state index is 0.0371. The zero-order valence-corrected chi connectivity index (χ0v) is 11.4. The summed E-state index contributed by atoms with van der Waals surface area (Å²) in [5.41, 5.74) is 1.86. The number of benzene rings is 2. The van der Waals surface area contributed by atoms with Crippen molar-refractivity contribution in [2.75, 3.05) is 6.54 Å². The molecule has 0 atom stereocenters. The van der Waals surface area contributed by atoms with Crippen LogP contribution in [0.25, 0.3) is 0 Å². The highest BCUT2D eigenvalue weighted by Crippen LogP contribution is 2.43. The van der Waals surface area contributed by atoms with Crippen molar-refractivity contribution >= 4 is 5.91 Å². The van der Waals surface area contributed by atoms with Crippen LogP contribution in [0.5, 0.6) is 11.5 Å². The van der Waals surface area contributed by atoms with Crippen LogP contribution in [0.2, 0.25) is 0 Å². The molecular weight excluding hydrogens is 250 g/mol. The van der Waals surface area contributed by atoms with E-state index in [9.17, 15) is 4.79 Å². The van der Waals surface area contributed by atoms with E-state index in [-0.39, 0.29) is 11.8 Å². The Labute approximate surface area is 118 Å². The van der Waals surface area contributed by atoms with Crippen LogP contribution in [0, 0.1) is 0 Å². The van der Waals surface area contributed by atoms with E-state index >= 15 is 0 Å². The summed E-state index contributed by atoms with van der Waals surface area (Å²) in [5, 5.41) is 2.99. The average Bonchev–Trinajstić information content (AvgIpc) is 2.50. The monoisotopic (exact) mass is 267 g/mol. The fraction of sp³-hybridized carbons (Fsp3) is 0.235. The summed E-state index contributed by atoms with van der Waals surface area (Å²) in [6.45, 7) is 2.74. The third-order valence-corrected chi connectivity index (χ3v) is 3.49. The number of carbonyl (C=O) groups is 1. The second-order valence-electron chi connectivity index (χ2n) is 4.90. The van der Waals surface area contributed by atoms with Crippen molar-refractivity contribution < 1.29 is 9.53 Å². The summed E-state index contributed by atoms with van der Waals surface area (Å²) in [6.07, 6.45) is 0.929. The van der Waals surface area contributed by atoms with Gasteiger partial charge in [-0.1, -0.05) is 43.3 Å². The molecule has 0 saturated carbocycles. The normalized spacial score (nSPS) is 13.1. The highest BCUT2D eigenvalue weighted by atomic mass is 16.5. The molecule has 1 aliphatic heterocycles. The third-order valence-electron chi connectivity index (χ3n) is 3.49. The van der Waals surface area contributed by atoms with Crippen molar-refractivity contribution in [1.29, 1.82) is 0 Å². The lowest BCUT2D eigenvalue weighted by Gasteiger charge is -2.27. The number of para-hydroxylation sites is 2. The average molecular weight is 267 g/mol. The highest BCUT2D eigenvalue weighted by Gasteiger charge is 2.31. The summed E-state index contributed by atoms with van der Waals surface area (Å²) in [6, 6.07) is 15.5. The fourth-order valence-electron chi connectivity index (χ4n) is 2.54. The SMILES string of the molecule is CCCNC(=O)C1c2ccccc2Oc2ccccc21. The minimum atomic E-state index is -0.289. The van der Waals surface area contributed by atoms with E-state index in [0.29, 0.717) is 6.54 Å². The molecule has 0 aromatic heterocycles. The van der Waals surface area contributed by atoms with Crippen LogP contribution < -0.4 is 10.1 Å². The number of ether oxygens (including phenoxy) is 1. The number of fused-ring (bicyclic) bond motifs is 2. The molecule has 20 heavy (non-hydrogen) atoms. The van der Waals surface area contributed by atoms with Gasteiger partial charge in [-0.3, -0.25) is 4.79 Å². The number of hydrogen-bond donors (Lipinski definition) is 1. The van der Waals surface area contributed by atoms with Gasteiger partial charge >= 0.3 is 0 Å². The van der Waals surface area contributed by atoms with Gasteiger partial charge in [0.15, 0.2) is 0 Å². The highest BCUT2D eigenvalue weighted by molar-refractivity contribution is 5.89.